The van der Waals surface area contributed by atoms with Gasteiger partial charge in [0.05, 0.1) is 0 Å². The van der Waals surface area contributed by atoms with Crippen LogP contribution in [0, 0.1) is 0 Å². The van der Waals surface area contributed by atoms with E-state index in [4.69, 9.17) is 9.98 Å². The van der Waals surface area contributed by atoms with E-state index < -0.39 is 0 Å². The second kappa shape index (κ2) is 10.5. The van der Waals surface area contributed by atoms with Crippen LogP contribution in [0.15, 0.2) is 149 Å². The fourth-order valence-electron chi connectivity index (χ4n) is 5.17. The topological polar surface area (TPSA) is 63.2 Å². The van der Waals surface area contributed by atoms with Gasteiger partial charge < -0.3 is 15.6 Å². The van der Waals surface area contributed by atoms with E-state index in [1.807, 2.05) is 48.7 Å². The Morgan fingerprint density at radius 3 is 1.75 bits per heavy atom. The average Bonchev–Trinajstić information content (AvgIpc) is 3.05. The summed E-state index contributed by atoms with van der Waals surface area (Å²) in [5.74, 6) is 2.41. The van der Waals surface area contributed by atoms with Crippen molar-refractivity contribution in [3.05, 3.63) is 161 Å². The highest BCUT2D eigenvalue weighted by molar-refractivity contribution is 6.18. The van der Waals surface area contributed by atoms with Crippen LogP contribution in [0.2, 0.25) is 0 Å². The number of rotatable bonds is 5. The van der Waals surface area contributed by atoms with Crippen LogP contribution in [0.25, 0.3) is 27.2 Å². The van der Waals surface area contributed by atoms with Gasteiger partial charge in [-0.05, 0) is 39.6 Å². The Kier molecular flexibility index (Phi) is 6.23. The second-order valence-corrected chi connectivity index (χ2v) is 9.69. The molecule has 0 fully saturated rings. The maximum Gasteiger partial charge on any atom is 0.169 e. The van der Waals surface area contributed by atoms with E-state index in [1.165, 1.54) is 10.9 Å². The van der Waals surface area contributed by atoms with E-state index in [0.29, 0.717) is 6.54 Å². The summed E-state index contributed by atoms with van der Waals surface area (Å²) in [6.07, 6.45) is 3.45. The molecule has 0 atom stereocenters. The number of aliphatic imine (C=N–C) groups is 3. The maximum absolute atomic E-state index is 5.00. The number of amidine groups is 3. The Balaban J connectivity index is 1.26. The van der Waals surface area contributed by atoms with Crippen molar-refractivity contribution in [3.63, 3.8) is 0 Å². The number of hydrogen-bond donors (Lipinski definition) is 1. The molecule has 0 amide bonds. The summed E-state index contributed by atoms with van der Waals surface area (Å²) < 4.78 is 0. The van der Waals surface area contributed by atoms with Crippen molar-refractivity contribution < 1.29 is 0 Å². The van der Waals surface area contributed by atoms with Gasteiger partial charge in [-0.25, -0.2) is 9.98 Å². The fourth-order valence-corrected chi connectivity index (χ4v) is 5.17. The molecular formula is C35H26N5-. The Labute approximate surface area is 233 Å². The molecule has 5 aromatic rings. The van der Waals surface area contributed by atoms with Crippen molar-refractivity contribution in [2.75, 3.05) is 6.54 Å². The quantitative estimate of drug-likeness (QED) is 0.256. The maximum atomic E-state index is 5.00. The van der Waals surface area contributed by atoms with Crippen molar-refractivity contribution >= 4 is 28.3 Å². The SMILES string of the molecule is C1=CN=C(c2ccc(-c3ccc(C4N=C(c5ccccc5)NC(c5ccccc5)=N4)cc3)c3ccccc23)[N-]C1. The van der Waals surface area contributed by atoms with Crippen molar-refractivity contribution in [1.29, 1.82) is 0 Å². The number of nitrogens with zero attached hydrogens (tertiary/aromatic N) is 4. The van der Waals surface area contributed by atoms with Gasteiger partial charge in [-0.3, -0.25) is 0 Å². The van der Waals surface area contributed by atoms with Crippen LogP contribution in [0.4, 0.5) is 0 Å². The highest BCUT2D eigenvalue weighted by Gasteiger charge is 2.20. The normalized spacial score (nSPS) is 15.1. The zero-order valence-electron chi connectivity index (χ0n) is 21.8. The Morgan fingerprint density at radius 2 is 1.15 bits per heavy atom. The minimum absolute atomic E-state index is 0.348. The zero-order valence-corrected chi connectivity index (χ0v) is 21.8. The summed E-state index contributed by atoms with van der Waals surface area (Å²) in [5, 5.41) is 10.4. The molecule has 192 valence electrons. The van der Waals surface area contributed by atoms with Crippen molar-refractivity contribution in [2.45, 2.75) is 6.17 Å². The van der Waals surface area contributed by atoms with Crippen LogP contribution in [0.5, 0.6) is 0 Å². The lowest BCUT2D eigenvalue weighted by molar-refractivity contribution is 0.756. The Bertz CT molecular complexity index is 1740. The number of hydrogen-bond acceptors (Lipinski definition) is 4. The highest BCUT2D eigenvalue weighted by atomic mass is 15.2. The van der Waals surface area contributed by atoms with E-state index in [0.717, 1.165) is 50.7 Å². The molecule has 2 aliphatic heterocycles. The van der Waals surface area contributed by atoms with Crippen molar-refractivity contribution in [2.24, 2.45) is 15.0 Å². The Hall–Kier alpha value is -5.29. The first-order valence-corrected chi connectivity index (χ1v) is 13.4. The molecule has 0 aromatic heterocycles. The van der Waals surface area contributed by atoms with E-state index in [1.54, 1.807) is 0 Å². The third kappa shape index (κ3) is 4.58. The van der Waals surface area contributed by atoms with Gasteiger partial charge in [0.1, 0.15) is 11.7 Å². The molecule has 0 unspecified atom stereocenters. The second-order valence-electron chi connectivity index (χ2n) is 9.69. The molecule has 5 heteroatoms. The van der Waals surface area contributed by atoms with Crippen LogP contribution in [-0.2, 0) is 0 Å². The number of nitrogens with one attached hydrogen (secondary N) is 1. The molecule has 0 saturated heterocycles. The summed E-state index contributed by atoms with van der Waals surface area (Å²) in [5.41, 5.74) is 6.47. The fraction of sp³-hybridized carbons (Fsp3) is 0.0571. The summed E-state index contributed by atoms with van der Waals surface area (Å²) in [4.78, 5) is 14.5. The molecule has 0 bridgehead atoms. The van der Waals surface area contributed by atoms with Gasteiger partial charge in [0.25, 0.3) is 0 Å². The minimum Gasteiger partial charge on any atom is -0.461 e. The average molecular weight is 517 g/mol. The van der Waals surface area contributed by atoms with Crippen LogP contribution in [0.1, 0.15) is 28.4 Å². The van der Waals surface area contributed by atoms with E-state index in [9.17, 15) is 0 Å². The summed E-state index contributed by atoms with van der Waals surface area (Å²) >= 11 is 0. The van der Waals surface area contributed by atoms with Gasteiger partial charge in [-0.15, -0.1) is 0 Å². The number of fused-ring (bicyclic) bond motifs is 1. The molecular weight excluding hydrogens is 490 g/mol. The smallest absolute Gasteiger partial charge is 0.169 e. The van der Waals surface area contributed by atoms with E-state index in [-0.39, 0.29) is 6.17 Å². The third-order valence-corrected chi connectivity index (χ3v) is 7.17. The molecule has 1 N–H and O–H groups in total. The Morgan fingerprint density at radius 1 is 0.575 bits per heavy atom. The molecule has 40 heavy (non-hydrogen) atoms. The molecule has 5 aromatic carbocycles. The lowest BCUT2D eigenvalue weighted by Gasteiger charge is -2.23. The first kappa shape index (κ1) is 23.8. The van der Waals surface area contributed by atoms with Gasteiger partial charge in [-0.2, -0.15) is 0 Å². The lowest BCUT2D eigenvalue weighted by Crippen LogP contribution is -2.35. The van der Waals surface area contributed by atoms with Crippen LogP contribution in [0.3, 0.4) is 0 Å². The summed E-state index contributed by atoms with van der Waals surface area (Å²) in [6.45, 7) is 0.663. The first-order valence-electron chi connectivity index (χ1n) is 13.4. The summed E-state index contributed by atoms with van der Waals surface area (Å²) in [6, 6.07) is 41.8. The van der Waals surface area contributed by atoms with Crippen LogP contribution in [-0.4, -0.2) is 24.1 Å². The van der Waals surface area contributed by atoms with E-state index >= 15 is 0 Å². The molecule has 2 heterocycles. The van der Waals surface area contributed by atoms with Gasteiger partial charge in [0, 0.05) is 11.1 Å². The predicted molar refractivity (Wildman–Crippen MR) is 165 cm³/mol. The first-order chi connectivity index (χ1) is 19.8. The minimum atomic E-state index is -0.348. The largest absolute Gasteiger partial charge is 0.461 e. The standard InChI is InChI=1S/C35H26N5/c1-3-10-25(11-4-1)32-38-33(26-12-5-2-6-13-26)40-34(39-32)27-18-16-24(17-19-27)28-20-21-31(35-36-22-9-23-37-35)30-15-8-7-14-29(28)30/h1-22,34H,23H2,(H-,36,37,38,39,40)/q-1. The monoisotopic (exact) mass is 516 g/mol. The van der Waals surface area contributed by atoms with Gasteiger partial charge in [-0.1, -0.05) is 139 Å². The van der Waals surface area contributed by atoms with E-state index in [2.05, 4.69) is 101 Å². The molecule has 0 radical (unpaired) electrons. The van der Waals surface area contributed by atoms with Crippen LogP contribution >= 0.6 is 0 Å². The summed E-state index contributed by atoms with van der Waals surface area (Å²) in [7, 11) is 0. The van der Waals surface area contributed by atoms with Crippen molar-refractivity contribution in [3.8, 4) is 11.1 Å². The predicted octanol–water partition coefficient (Wildman–Crippen LogP) is 7.65. The van der Waals surface area contributed by atoms with Gasteiger partial charge in [0.15, 0.2) is 6.17 Å². The lowest BCUT2D eigenvalue weighted by atomic mass is 9.93. The number of benzene rings is 5. The molecule has 5 nitrogen and oxygen atoms in total. The molecule has 0 aliphatic carbocycles. The zero-order chi connectivity index (χ0) is 26.7. The third-order valence-electron chi connectivity index (χ3n) is 7.17. The molecule has 2 aliphatic rings. The highest BCUT2D eigenvalue weighted by Crippen LogP contribution is 2.34. The van der Waals surface area contributed by atoms with Crippen molar-refractivity contribution in [1.82, 2.24) is 5.32 Å². The van der Waals surface area contributed by atoms with Gasteiger partial charge >= 0.3 is 0 Å². The molecule has 0 spiro atoms. The molecule has 7 rings (SSSR count). The van der Waals surface area contributed by atoms with Crippen LogP contribution < -0.4 is 5.32 Å². The molecule has 0 saturated carbocycles. The van der Waals surface area contributed by atoms with Gasteiger partial charge in [0.2, 0.25) is 0 Å².